The number of hydrogen-bond acceptors (Lipinski definition) is 4. The second-order valence-corrected chi connectivity index (χ2v) is 4.55. The number of piperazine rings is 1. The predicted molar refractivity (Wildman–Crippen MR) is 70.8 cm³/mol. The van der Waals surface area contributed by atoms with E-state index in [2.05, 4.69) is 10.1 Å². The normalized spacial score (nSPS) is 19.0. The fraction of sp³-hybridized carbons (Fsp3) is 0.429. The molecule has 0 bridgehead atoms. The summed E-state index contributed by atoms with van der Waals surface area (Å²) in [5.41, 5.74) is 0.682. The van der Waals surface area contributed by atoms with Gasteiger partial charge in [0.25, 0.3) is 5.91 Å². The Hall–Kier alpha value is -1.88. The summed E-state index contributed by atoms with van der Waals surface area (Å²) in [6, 6.07) is 9.16. The van der Waals surface area contributed by atoms with Crippen molar-refractivity contribution in [3.8, 4) is 0 Å². The maximum atomic E-state index is 12.3. The average Bonchev–Trinajstić information content (AvgIpc) is 2.47. The summed E-state index contributed by atoms with van der Waals surface area (Å²) < 4.78 is 4.65. The number of carbonyl (C=O) groups is 2. The first-order chi connectivity index (χ1) is 9.20. The van der Waals surface area contributed by atoms with Gasteiger partial charge in [-0.2, -0.15) is 0 Å². The Bertz CT molecular complexity index is 447. The van der Waals surface area contributed by atoms with Crippen LogP contribution >= 0.6 is 0 Å². The smallest absolute Gasteiger partial charge is 0.307 e. The van der Waals surface area contributed by atoms with E-state index in [0.29, 0.717) is 25.2 Å². The summed E-state index contributed by atoms with van der Waals surface area (Å²) in [5.74, 6) is -0.247. The zero-order valence-corrected chi connectivity index (χ0v) is 11.0. The van der Waals surface area contributed by atoms with Crippen molar-refractivity contribution < 1.29 is 14.3 Å². The van der Waals surface area contributed by atoms with Gasteiger partial charge < -0.3 is 15.0 Å². The molecule has 1 amide bonds. The Kier molecular flexibility index (Phi) is 4.52. The maximum Gasteiger partial charge on any atom is 0.307 e. The van der Waals surface area contributed by atoms with Crippen molar-refractivity contribution in [2.75, 3.05) is 26.7 Å². The number of ether oxygens (including phenoxy) is 1. The second kappa shape index (κ2) is 6.33. The highest BCUT2D eigenvalue weighted by molar-refractivity contribution is 5.94. The zero-order valence-electron chi connectivity index (χ0n) is 11.0. The average molecular weight is 262 g/mol. The zero-order chi connectivity index (χ0) is 13.7. The van der Waals surface area contributed by atoms with Crippen LogP contribution in [0, 0.1) is 0 Å². The standard InChI is InChI=1S/C14H18N2O3/c1-19-13(17)9-12-10-16(8-7-15-12)14(18)11-5-3-2-4-6-11/h2-6,12,15H,7-10H2,1H3. The van der Waals surface area contributed by atoms with Crippen molar-refractivity contribution >= 4 is 11.9 Å². The van der Waals surface area contributed by atoms with Gasteiger partial charge in [0.05, 0.1) is 13.5 Å². The van der Waals surface area contributed by atoms with Crippen molar-refractivity contribution in [3.63, 3.8) is 0 Å². The third kappa shape index (κ3) is 3.54. The lowest BCUT2D eigenvalue weighted by atomic mass is 10.1. The number of nitrogens with one attached hydrogen (secondary N) is 1. The van der Waals surface area contributed by atoms with Crippen LogP contribution in [0.25, 0.3) is 0 Å². The number of methoxy groups -OCH3 is 1. The highest BCUT2D eigenvalue weighted by atomic mass is 16.5. The molecule has 19 heavy (non-hydrogen) atoms. The summed E-state index contributed by atoms with van der Waals surface area (Å²) >= 11 is 0. The van der Waals surface area contributed by atoms with Crippen molar-refractivity contribution in [2.24, 2.45) is 0 Å². The Morgan fingerprint density at radius 2 is 2.11 bits per heavy atom. The van der Waals surface area contributed by atoms with E-state index < -0.39 is 0 Å². The van der Waals surface area contributed by atoms with E-state index in [1.54, 1.807) is 17.0 Å². The van der Waals surface area contributed by atoms with Crippen molar-refractivity contribution in [3.05, 3.63) is 35.9 Å². The molecule has 1 aromatic rings. The van der Waals surface area contributed by atoms with Crippen molar-refractivity contribution in [1.29, 1.82) is 0 Å². The summed E-state index contributed by atoms with van der Waals surface area (Å²) in [6.07, 6.45) is 0.287. The van der Waals surface area contributed by atoms with Gasteiger partial charge in [-0.05, 0) is 12.1 Å². The minimum Gasteiger partial charge on any atom is -0.469 e. The van der Waals surface area contributed by atoms with Gasteiger partial charge in [0.1, 0.15) is 0 Å². The van der Waals surface area contributed by atoms with Crippen LogP contribution in [0.4, 0.5) is 0 Å². The van der Waals surface area contributed by atoms with Gasteiger partial charge in [-0.25, -0.2) is 0 Å². The molecule has 1 aromatic carbocycles. The third-order valence-corrected chi connectivity index (χ3v) is 3.20. The molecule has 1 aliphatic heterocycles. The molecule has 1 saturated heterocycles. The molecule has 1 N–H and O–H groups in total. The lowest BCUT2D eigenvalue weighted by molar-refractivity contribution is -0.141. The highest BCUT2D eigenvalue weighted by Gasteiger charge is 2.25. The van der Waals surface area contributed by atoms with Crippen LogP contribution in [0.2, 0.25) is 0 Å². The van der Waals surface area contributed by atoms with Crippen LogP contribution in [-0.4, -0.2) is 49.6 Å². The summed E-state index contributed by atoms with van der Waals surface area (Å²) in [7, 11) is 1.37. The van der Waals surface area contributed by atoms with Crippen LogP contribution in [-0.2, 0) is 9.53 Å². The topological polar surface area (TPSA) is 58.6 Å². The molecule has 1 unspecified atom stereocenters. The Morgan fingerprint density at radius 3 is 2.79 bits per heavy atom. The largest absolute Gasteiger partial charge is 0.469 e. The first-order valence-corrected chi connectivity index (χ1v) is 6.35. The van der Waals surface area contributed by atoms with Crippen LogP contribution in [0.5, 0.6) is 0 Å². The lowest BCUT2D eigenvalue weighted by Gasteiger charge is -2.33. The molecule has 5 heteroatoms. The third-order valence-electron chi connectivity index (χ3n) is 3.20. The van der Waals surface area contributed by atoms with Gasteiger partial charge in [-0.15, -0.1) is 0 Å². The molecule has 2 rings (SSSR count). The molecule has 1 aliphatic rings. The van der Waals surface area contributed by atoms with Gasteiger partial charge in [-0.3, -0.25) is 9.59 Å². The summed E-state index contributed by atoms with van der Waals surface area (Å²) in [4.78, 5) is 25.3. The first-order valence-electron chi connectivity index (χ1n) is 6.35. The summed E-state index contributed by atoms with van der Waals surface area (Å²) in [5, 5.41) is 3.23. The van der Waals surface area contributed by atoms with Gasteiger partial charge in [0, 0.05) is 31.2 Å². The number of amides is 1. The van der Waals surface area contributed by atoms with E-state index in [1.165, 1.54) is 7.11 Å². The Morgan fingerprint density at radius 1 is 1.37 bits per heavy atom. The number of carbonyl (C=O) groups excluding carboxylic acids is 2. The molecule has 0 aliphatic carbocycles. The highest BCUT2D eigenvalue weighted by Crippen LogP contribution is 2.09. The molecule has 0 spiro atoms. The van der Waals surface area contributed by atoms with Crippen LogP contribution < -0.4 is 5.32 Å². The van der Waals surface area contributed by atoms with E-state index >= 15 is 0 Å². The first kappa shape index (κ1) is 13.5. The molecule has 0 aromatic heterocycles. The van der Waals surface area contributed by atoms with Gasteiger partial charge in [-0.1, -0.05) is 18.2 Å². The molecule has 1 heterocycles. The quantitative estimate of drug-likeness (QED) is 0.813. The lowest BCUT2D eigenvalue weighted by Crippen LogP contribution is -2.53. The van der Waals surface area contributed by atoms with Crippen LogP contribution in [0.1, 0.15) is 16.8 Å². The van der Waals surface area contributed by atoms with Crippen molar-refractivity contribution in [2.45, 2.75) is 12.5 Å². The minimum absolute atomic E-state index is 0.0111. The van der Waals surface area contributed by atoms with Crippen LogP contribution in [0.3, 0.4) is 0 Å². The van der Waals surface area contributed by atoms with Gasteiger partial charge >= 0.3 is 5.97 Å². The number of esters is 1. The fourth-order valence-electron chi connectivity index (χ4n) is 2.19. The molecule has 0 radical (unpaired) electrons. The number of rotatable bonds is 3. The molecular weight excluding hydrogens is 244 g/mol. The molecule has 1 atom stereocenters. The number of nitrogens with zero attached hydrogens (tertiary/aromatic N) is 1. The van der Waals surface area contributed by atoms with Gasteiger partial charge in [0.15, 0.2) is 0 Å². The predicted octanol–water partition coefficient (Wildman–Crippen LogP) is 0.664. The summed E-state index contributed by atoms with van der Waals surface area (Å²) in [6.45, 7) is 1.88. The molecule has 5 nitrogen and oxygen atoms in total. The van der Waals surface area contributed by atoms with E-state index in [0.717, 1.165) is 0 Å². The number of benzene rings is 1. The Balaban J connectivity index is 1.97. The van der Waals surface area contributed by atoms with E-state index in [1.807, 2.05) is 18.2 Å². The van der Waals surface area contributed by atoms with Crippen molar-refractivity contribution in [1.82, 2.24) is 10.2 Å². The molecular formula is C14H18N2O3. The van der Waals surface area contributed by atoms with E-state index in [-0.39, 0.29) is 24.3 Å². The SMILES string of the molecule is COC(=O)CC1CN(C(=O)c2ccccc2)CCN1. The number of hydrogen-bond donors (Lipinski definition) is 1. The minimum atomic E-state index is -0.258. The van der Waals surface area contributed by atoms with Crippen LogP contribution in [0.15, 0.2) is 30.3 Å². The van der Waals surface area contributed by atoms with E-state index in [9.17, 15) is 9.59 Å². The molecule has 102 valence electrons. The van der Waals surface area contributed by atoms with Gasteiger partial charge in [0.2, 0.25) is 0 Å². The maximum absolute atomic E-state index is 12.3. The molecule has 1 fully saturated rings. The fourth-order valence-corrected chi connectivity index (χ4v) is 2.19. The van der Waals surface area contributed by atoms with E-state index in [4.69, 9.17) is 0 Å². The second-order valence-electron chi connectivity index (χ2n) is 4.55. The Labute approximate surface area is 112 Å². The molecule has 0 saturated carbocycles. The monoisotopic (exact) mass is 262 g/mol.